The van der Waals surface area contributed by atoms with Crippen molar-refractivity contribution in [2.75, 3.05) is 31.2 Å². The number of anilines is 1. The maximum absolute atomic E-state index is 9.94. The zero-order valence-electron chi connectivity index (χ0n) is 14.3. The lowest BCUT2D eigenvalue weighted by Crippen LogP contribution is -2.43. The highest BCUT2D eigenvalue weighted by Crippen LogP contribution is 2.36. The first kappa shape index (κ1) is 17.2. The minimum Gasteiger partial charge on any atom is -0.494 e. The number of aliphatic hydroxyl groups is 1. The topological polar surface area (TPSA) is 69.4 Å². The Morgan fingerprint density at radius 2 is 1.96 bits per heavy atom. The van der Waals surface area contributed by atoms with Crippen LogP contribution in [0, 0.1) is 16.7 Å². The molecule has 3 rings (SSSR count). The van der Waals surface area contributed by atoms with Gasteiger partial charge in [0, 0.05) is 31.3 Å². The van der Waals surface area contributed by atoms with Crippen molar-refractivity contribution in [3.63, 3.8) is 0 Å². The van der Waals surface area contributed by atoms with Crippen molar-refractivity contribution < 1.29 is 9.84 Å². The van der Waals surface area contributed by atoms with Crippen molar-refractivity contribution in [1.82, 2.24) is 4.98 Å². The summed E-state index contributed by atoms with van der Waals surface area (Å²) in [4.78, 5) is 6.56. The molecule has 130 valence electrons. The SMILES string of the molecule is N#Cc1ccnc(N2CCC(CO)(CCOc3ccccc3)CC2)c1. The molecule has 0 spiro atoms. The van der Waals surface area contributed by atoms with Gasteiger partial charge < -0.3 is 14.7 Å². The van der Waals surface area contributed by atoms with Crippen LogP contribution in [0.3, 0.4) is 0 Å². The number of hydrogen-bond donors (Lipinski definition) is 1. The highest BCUT2D eigenvalue weighted by Gasteiger charge is 2.34. The van der Waals surface area contributed by atoms with Crippen LogP contribution in [0.4, 0.5) is 5.82 Å². The summed E-state index contributed by atoms with van der Waals surface area (Å²) >= 11 is 0. The first-order chi connectivity index (χ1) is 12.2. The second kappa shape index (κ2) is 8.00. The van der Waals surface area contributed by atoms with Crippen molar-refractivity contribution in [3.8, 4) is 11.8 Å². The molecular formula is C20H23N3O2. The van der Waals surface area contributed by atoms with Crippen LogP contribution >= 0.6 is 0 Å². The first-order valence-electron chi connectivity index (χ1n) is 8.64. The number of piperidine rings is 1. The van der Waals surface area contributed by atoms with E-state index in [0.29, 0.717) is 12.2 Å². The van der Waals surface area contributed by atoms with E-state index in [1.165, 1.54) is 0 Å². The minimum atomic E-state index is -0.0991. The van der Waals surface area contributed by atoms with Gasteiger partial charge in [-0.15, -0.1) is 0 Å². The van der Waals surface area contributed by atoms with Gasteiger partial charge in [-0.1, -0.05) is 18.2 Å². The highest BCUT2D eigenvalue weighted by molar-refractivity contribution is 5.45. The number of para-hydroxylation sites is 1. The summed E-state index contributed by atoms with van der Waals surface area (Å²) in [6, 6.07) is 15.5. The number of nitrogens with zero attached hydrogens (tertiary/aromatic N) is 3. The van der Waals surface area contributed by atoms with E-state index < -0.39 is 0 Å². The van der Waals surface area contributed by atoms with Crippen LogP contribution in [-0.4, -0.2) is 36.4 Å². The molecule has 2 aromatic rings. The van der Waals surface area contributed by atoms with E-state index in [1.54, 1.807) is 12.3 Å². The van der Waals surface area contributed by atoms with Crippen molar-refractivity contribution in [1.29, 1.82) is 5.26 Å². The zero-order chi connectivity index (χ0) is 17.5. The molecule has 0 amide bonds. The summed E-state index contributed by atoms with van der Waals surface area (Å²) < 4.78 is 5.80. The predicted octanol–water partition coefficient (Wildman–Crippen LogP) is 3.00. The predicted molar refractivity (Wildman–Crippen MR) is 96.5 cm³/mol. The average molecular weight is 337 g/mol. The lowest BCUT2D eigenvalue weighted by atomic mass is 9.76. The van der Waals surface area contributed by atoms with Crippen molar-refractivity contribution in [2.24, 2.45) is 5.41 Å². The quantitative estimate of drug-likeness (QED) is 0.877. The molecule has 1 aromatic heterocycles. The van der Waals surface area contributed by atoms with Crippen LogP contribution in [0.25, 0.3) is 0 Å². The van der Waals surface area contributed by atoms with Gasteiger partial charge in [0.15, 0.2) is 0 Å². The summed E-state index contributed by atoms with van der Waals surface area (Å²) in [5.74, 6) is 1.71. The molecule has 0 bridgehead atoms. The van der Waals surface area contributed by atoms with E-state index >= 15 is 0 Å². The average Bonchev–Trinajstić information content (AvgIpc) is 2.69. The summed E-state index contributed by atoms with van der Waals surface area (Å²) in [6.45, 7) is 2.43. The molecule has 0 unspecified atom stereocenters. The minimum absolute atomic E-state index is 0.0991. The fourth-order valence-electron chi connectivity index (χ4n) is 3.26. The van der Waals surface area contributed by atoms with Crippen LogP contribution in [-0.2, 0) is 0 Å². The summed E-state index contributed by atoms with van der Waals surface area (Å²) in [5.41, 5.74) is 0.526. The Balaban J connectivity index is 1.55. The van der Waals surface area contributed by atoms with Crippen LogP contribution in [0.5, 0.6) is 5.75 Å². The van der Waals surface area contributed by atoms with E-state index in [9.17, 15) is 5.11 Å². The van der Waals surface area contributed by atoms with Gasteiger partial charge >= 0.3 is 0 Å². The van der Waals surface area contributed by atoms with E-state index in [1.807, 2.05) is 36.4 Å². The Hall–Kier alpha value is -2.58. The van der Waals surface area contributed by atoms with Gasteiger partial charge in [-0.25, -0.2) is 4.98 Å². The third kappa shape index (κ3) is 4.28. The molecule has 1 N–H and O–H groups in total. The number of ether oxygens (including phenoxy) is 1. The fraction of sp³-hybridized carbons (Fsp3) is 0.400. The number of aliphatic hydroxyl groups excluding tert-OH is 1. The number of nitriles is 1. The molecule has 1 fully saturated rings. The monoisotopic (exact) mass is 337 g/mol. The molecule has 0 aliphatic carbocycles. The molecule has 0 atom stereocenters. The number of pyridine rings is 1. The van der Waals surface area contributed by atoms with Crippen molar-refractivity contribution >= 4 is 5.82 Å². The molecule has 0 saturated carbocycles. The molecule has 25 heavy (non-hydrogen) atoms. The Morgan fingerprint density at radius 1 is 1.20 bits per heavy atom. The Morgan fingerprint density at radius 3 is 2.64 bits per heavy atom. The first-order valence-corrected chi connectivity index (χ1v) is 8.64. The smallest absolute Gasteiger partial charge is 0.129 e. The Labute approximate surface area is 148 Å². The van der Waals surface area contributed by atoms with Gasteiger partial charge in [0.2, 0.25) is 0 Å². The molecule has 1 saturated heterocycles. The van der Waals surface area contributed by atoms with E-state index in [2.05, 4.69) is 16.0 Å². The van der Waals surface area contributed by atoms with E-state index in [4.69, 9.17) is 10.00 Å². The van der Waals surface area contributed by atoms with Gasteiger partial charge in [0.1, 0.15) is 11.6 Å². The van der Waals surface area contributed by atoms with Crippen LogP contribution in [0.2, 0.25) is 0 Å². The maximum Gasteiger partial charge on any atom is 0.129 e. The van der Waals surface area contributed by atoms with Crippen LogP contribution in [0.15, 0.2) is 48.7 Å². The Kier molecular flexibility index (Phi) is 5.52. The van der Waals surface area contributed by atoms with Crippen molar-refractivity contribution in [3.05, 3.63) is 54.2 Å². The molecule has 5 heteroatoms. The summed E-state index contributed by atoms with van der Waals surface area (Å²) in [5, 5.41) is 19.0. The normalized spacial score (nSPS) is 16.2. The fourth-order valence-corrected chi connectivity index (χ4v) is 3.26. The van der Waals surface area contributed by atoms with Crippen molar-refractivity contribution in [2.45, 2.75) is 19.3 Å². The molecule has 5 nitrogen and oxygen atoms in total. The van der Waals surface area contributed by atoms with Gasteiger partial charge in [-0.3, -0.25) is 0 Å². The van der Waals surface area contributed by atoms with Gasteiger partial charge in [0.25, 0.3) is 0 Å². The molecule has 1 aromatic carbocycles. The van der Waals surface area contributed by atoms with Crippen LogP contribution < -0.4 is 9.64 Å². The highest BCUT2D eigenvalue weighted by atomic mass is 16.5. The maximum atomic E-state index is 9.94. The lowest BCUT2D eigenvalue weighted by Gasteiger charge is -2.41. The van der Waals surface area contributed by atoms with Gasteiger partial charge in [-0.2, -0.15) is 5.26 Å². The number of benzene rings is 1. The van der Waals surface area contributed by atoms with E-state index in [-0.39, 0.29) is 12.0 Å². The third-order valence-electron chi connectivity index (χ3n) is 5.00. The number of aromatic nitrogens is 1. The van der Waals surface area contributed by atoms with Gasteiger partial charge in [0.05, 0.1) is 18.2 Å². The molecule has 2 heterocycles. The lowest BCUT2D eigenvalue weighted by molar-refractivity contribution is 0.0707. The standard InChI is InChI=1S/C20H23N3O2/c21-15-17-6-10-22-19(14-17)23-11-7-20(16-24,8-12-23)9-13-25-18-4-2-1-3-5-18/h1-6,10,14,24H,7-9,11-13,16H2. The van der Waals surface area contributed by atoms with Gasteiger partial charge in [-0.05, 0) is 43.5 Å². The zero-order valence-corrected chi connectivity index (χ0v) is 14.3. The second-order valence-corrected chi connectivity index (χ2v) is 6.57. The number of rotatable bonds is 6. The van der Waals surface area contributed by atoms with E-state index in [0.717, 1.165) is 43.9 Å². The molecule has 1 aliphatic heterocycles. The summed E-state index contributed by atoms with van der Waals surface area (Å²) in [6.07, 6.45) is 4.29. The Bertz CT molecular complexity index is 719. The largest absolute Gasteiger partial charge is 0.494 e. The van der Waals surface area contributed by atoms with Crippen LogP contribution in [0.1, 0.15) is 24.8 Å². The molecular weight excluding hydrogens is 314 g/mol. The molecule has 1 aliphatic rings. The molecule has 0 radical (unpaired) electrons. The summed E-state index contributed by atoms with van der Waals surface area (Å²) in [7, 11) is 0. The second-order valence-electron chi connectivity index (χ2n) is 6.57. The third-order valence-corrected chi connectivity index (χ3v) is 5.00. The number of hydrogen-bond acceptors (Lipinski definition) is 5.